The number of halogens is 2. The molecule has 0 bridgehead atoms. The van der Waals surface area contributed by atoms with Crippen LogP contribution in [-0.2, 0) is 11.4 Å². The van der Waals surface area contributed by atoms with E-state index in [1.807, 2.05) is 20.8 Å². The van der Waals surface area contributed by atoms with Crippen molar-refractivity contribution in [3.05, 3.63) is 34.1 Å². The molecule has 1 aromatic carbocycles. The predicted octanol–water partition coefficient (Wildman–Crippen LogP) is 3.31. The summed E-state index contributed by atoms with van der Waals surface area (Å²) in [5, 5.41) is 0. The van der Waals surface area contributed by atoms with Crippen molar-refractivity contribution in [1.82, 2.24) is 4.72 Å². The van der Waals surface area contributed by atoms with Crippen LogP contribution in [0.5, 0.6) is 0 Å². The first-order valence-electron chi connectivity index (χ1n) is 5.35. The third-order valence-electron chi connectivity index (χ3n) is 2.24. The van der Waals surface area contributed by atoms with Crippen LogP contribution in [-0.4, -0.2) is 9.30 Å². The third-order valence-corrected chi connectivity index (χ3v) is 4.41. The highest BCUT2D eigenvalue weighted by atomic mass is 79.9. The minimum absolute atomic E-state index is 0.310. The van der Waals surface area contributed by atoms with Crippen LogP contribution in [0.1, 0.15) is 32.4 Å². The molecule has 0 spiro atoms. The molecule has 0 aliphatic heterocycles. The van der Waals surface area contributed by atoms with Gasteiger partial charge in [0.25, 0.3) is 0 Å². The van der Waals surface area contributed by atoms with Crippen LogP contribution in [0.3, 0.4) is 0 Å². The Bertz CT molecular complexity index is 467. The molecule has 98 valence electrons. The fourth-order valence-electron chi connectivity index (χ4n) is 1.21. The minimum Gasteiger partial charge on any atom is -0.598 e. The molecular formula is C13H15BrFNOS. The van der Waals surface area contributed by atoms with Crippen LogP contribution in [0.25, 0.3) is 0 Å². The Hall–Kier alpha value is -0.540. The summed E-state index contributed by atoms with van der Waals surface area (Å²) in [5.74, 6) is 1.99. The monoisotopic (exact) mass is 331 g/mol. The molecule has 0 aliphatic carbocycles. The standard InChI is InChI=1S/C13H15BrFNOS/c1-5-11(16-18(17)13(2,3)4)9-7-6-8-10(14)12(9)15/h1,6-8,11,16H,2-4H3/t11-,18?/m1/s1. The maximum atomic E-state index is 13.9. The van der Waals surface area contributed by atoms with E-state index in [9.17, 15) is 8.94 Å². The fraction of sp³-hybridized carbons (Fsp3) is 0.385. The molecule has 0 saturated carbocycles. The van der Waals surface area contributed by atoms with Gasteiger partial charge in [-0.25, -0.2) is 4.39 Å². The molecule has 2 atom stereocenters. The van der Waals surface area contributed by atoms with Gasteiger partial charge in [-0.3, -0.25) is 0 Å². The van der Waals surface area contributed by atoms with Gasteiger partial charge in [0, 0.05) is 16.9 Å². The smallest absolute Gasteiger partial charge is 0.143 e. The van der Waals surface area contributed by atoms with Crippen LogP contribution in [0.15, 0.2) is 22.7 Å². The maximum absolute atomic E-state index is 13.9. The lowest BCUT2D eigenvalue weighted by molar-refractivity contribution is 0.533. The Morgan fingerprint density at radius 2 is 2.11 bits per heavy atom. The van der Waals surface area contributed by atoms with Gasteiger partial charge in [-0.2, -0.15) is 0 Å². The zero-order chi connectivity index (χ0) is 13.9. The molecular weight excluding hydrogens is 317 g/mol. The number of benzene rings is 1. The second-order valence-electron chi connectivity index (χ2n) is 4.74. The second kappa shape index (κ2) is 6.07. The Kier molecular flexibility index (Phi) is 5.23. The molecule has 1 unspecified atom stereocenters. The average molecular weight is 332 g/mol. The highest BCUT2D eigenvalue weighted by Gasteiger charge is 2.30. The summed E-state index contributed by atoms with van der Waals surface area (Å²) in [6.45, 7) is 5.46. The van der Waals surface area contributed by atoms with Crippen molar-refractivity contribution in [2.75, 3.05) is 0 Å². The van der Waals surface area contributed by atoms with E-state index in [0.29, 0.717) is 10.0 Å². The van der Waals surface area contributed by atoms with Gasteiger partial charge in [0.1, 0.15) is 16.6 Å². The van der Waals surface area contributed by atoms with Gasteiger partial charge in [0.15, 0.2) is 0 Å². The van der Waals surface area contributed by atoms with E-state index in [-0.39, 0.29) is 0 Å². The lowest BCUT2D eigenvalue weighted by Gasteiger charge is -2.26. The van der Waals surface area contributed by atoms with Gasteiger partial charge in [-0.05, 0) is 42.8 Å². The van der Waals surface area contributed by atoms with E-state index >= 15 is 0 Å². The van der Waals surface area contributed by atoms with Crippen molar-refractivity contribution in [2.45, 2.75) is 31.6 Å². The molecule has 0 saturated heterocycles. The first-order valence-corrected chi connectivity index (χ1v) is 7.29. The predicted molar refractivity (Wildman–Crippen MR) is 76.7 cm³/mol. The van der Waals surface area contributed by atoms with Gasteiger partial charge in [-0.15, -0.1) is 11.1 Å². The van der Waals surface area contributed by atoms with E-state index in [1.54, 1.807) is 18.2 Å². The molecule has 5 heteroatoms. The summed E-state index contributed by atoms with van der Waals surface area (Å²) in [4.78, 5) is 0. The second-order valence-corrected chi connectivity index (χ2v) is 7.59. The van der Waals surface area contributed by atoms with Crippen LogP contribution >= 0.6 is 15.9 Å². The molecule has 2 nitrogen and oxygen atoms in total. The Labute approximate surface area is 119 Å². The Balaban J connectivity index is 2.99. The first kappa shape index (κ1) is 15.5. The largest absolute Gasteiger partial charge is 0.598 e. The van der Waals surface area contributed by atoms with Gasteiger partial charge >= 0.3 is 0 Å². The minimum atomic E-state index is -1.36. The highest BCUT2D eigenvalue weighted by molar-refractivity contribution is 9.10. The number of hydrogen-bond donors (Lipinski definition) is 1. The molecule has 18 heavy (non-hydrogen) atoms. The van der Waals surface area contributed by atoms with E-state index in [4.69, 9.17) is 6.42 Å². The van der Waals surface area contributed by atoms with Gasteiger partial charge < -0.3 is 4.55 Å². The van der Waals surface area contributed by atoms with Crippen LogP contribution in [0.4, 0.5) is 4.39 Å². The number of rotatable bonds is 3. The summed E-state index contributed by atoms with van der Waals surface area (Å²) in [7, 11) is 0. The van der Waals surface area contributed by atoms with Crippen molar-refractivity contribution in [2.24, 2.45) is 0 Å². The summed E-state index contributed by atoms with van der Waals surface area (Å²) in [6, 6.07) is 4.14. The quantitative estimate of drug-likeness (QED) is 0.681. The average Bonchev–Trinajstić information content (AvgIpc) is 2.28. The molecule has 1 rings (SSSR count). The summed E-state index contributed by atoms with van der Waals surface area (Å²) < 4.78 is 28.5. The lowest BCUT2D eigenvalue weighted by atomic mass is 10.1. The summed E-state index contributed by atoms with van der Waals surface area (Å²) in [5.41, 5.74) is 0.310. The maximum Gasteiger partial charge on any atom is 0.143 e. The van der Waals surface area contributed by atoms with Crippen molar-refractivity contribution < 1.29 is 8.94 Å². The molecule has 0 aliphatic rings. The first-order chi connectivity index (χ1) is 8.27. The molecule has 0 heterocycles. The molecule has 0 aromatic heterocycles. The molecule has 1 N–H and O–H groups in total. The van der Waals surface area contributed by atoms with Crippen LogP contribution in [0.2, 0.25) is 0 Å². The normalized spacial score (nSPS) is 14.9. The van der Waals surface area contributed by atoms with E-state index < -0.39 is 28.0 Å². The summed E-state index contributed by atoms with van der Waals surface area (Å²) in [6.07, 6.45) is 5.39. The molecule has 0 radical (unpaired) electrons. The zero-order valence-electron chi connectivity index (χ0n) is 10.5. The van der Waals surface area contributed by atoms with Gasteiger partial charge in [-0.1, -0.05) is 18.1 Å². The van der Waals surface area contributed by atoms with Gasteiger partial charge in [0.05, 0.1) is 4.47 Å². The SMILES string of the molecule is C#C[C@@H](N[S+]([O-])C(C)(C)C)c1cccc(Br)c1F. The van der Waals surface area contributed by atoms with Crippen molar-refractivity contribution in [3.8, 4) is 12.3 Å². The van der Waals surface area contributed by atoms with Gasteiger partial charge in [0.2, 0.25) is 0 Å². The number of hydrogen-bond acceptors (Lipinski definition) is 2. The Morgan fingerprint density at radius 3 is 2.61 bits per heavy atom. The Morgan fingerprint density at radius 1 is 1.50 bits per heavy atom. The van der Waals surface area contributed by atoms with Crippen molar-refractivity contribution in [1.29, 1.82) is 0 Å². The topological polar surface area (TPSA) is 35.1 Å². The molecule has 0 amide bonds. The highest BCUT2D eigenvalue weighted by Crippen LogP contribution is 2.25. The van der Waals surface area contributed by atoms with Crippen LogP contribution in [0, 0.1) is 18.2 Å². The summed E-state index contributed by atoms with van der Waals surface area (Å²) >= 11 is 1.74. The zero-order valence-corrected chi connectivity index (χ0v) is 12.9. The number of nitrogens with one attached hydrogen (secondary N) is 1. The molecule has 0 fully saturated rings. The number of terminal acetylenes is 1. The third kappa shape index (κ3) is 3.72. The lowest BCUT2D eigenvalue weighted by Crippen LogP contribution is -2.41. The fourth-order valence-corrected chi connectivity index (χ4v) is 2.36. The van der Waals surface area contributed by atoms with Crippen molar-refractivity contribution >= 4 is 27.3 Å². The van der Waals surface area contributed by atoms with E-state index in [0.717, 1.165) is 0 Å². The van der Waals surface area contributed by atoms with Crippen LogP contribution < -0.4 is 4.72 Å². The van der Waals surface area contributed by atoms with E-state index in [1.165, 1.54) is 0 Å². The van der Waals surface area contributed by atoms with Crippen molar-refractivity contribution in [3.63, 3.8) is 0 Å². The molecule has 1 aromatic rings. The van der Waals surface area contributed by atoms with E-state index in [2.05, 4.69) is 26.6 Å².